The van der Waals surface area contributed by atoms with Crippen molar-refractivity contribution in [1.29, 1.82) is 0 Å². The van der Waals surface area contributed by atoms with E-state index in [1.807, 2.05) is 6.92 Å². The van der Waals surface area contributed by atoms with Crippen molar-refractivity contribution in [3.05, 3.63) is 46.5 Å². The molecule has 0 aliphatic heterocycles. The molecule has 0 fully saturated rings. The van der Waals surface area contributed by atoms with Crippen molar-refractivity contribution in [3.8, 4) is 0 Å². The number of carbonyl (C=O) groups is 1. The van der Waals surface area contributed by atoms with Crippen molar-refractivity contribution >= 4 is 5.78 Å². The molecule has 152 valence electrons. The fourth-order valence-corrected chi connectivity index (χ4v) is 3.44. The highest BCUT2D eigenvalue weighted by atomic mass is 16.5. The van der Waals surface area contributed by atoms with Gasteiger partial charge in [0.1, 0.15) is 5.76 Å². The van der Waals surface area contributed by atoms with E-state index in [9.17, 15) is 4.79 Å². The van der Waals surface area contributed by atoms with Gasteiger partial charge in [-0.05, 0) is 65.7 Å². The van der Waals surface area contributed by atoms with Gasteiger partial charge in [-0.25, -0.2) is 0 Å². The molecule has 0 bridgehead atoms. The Morgan fingerprint density at radius 1 is 0.963 bits per heavy atom. The Balaban J connectivity index is 2.53. The molecular weight excluding hydrogens is 336 g/mol. The molecule has 0 N–H and O–H groups in total. The van der Waals surface area contributed by atoms with Crippen molar-refractivity contribution in [3.63, 3.8) is 0 Å². The Hall–Kier alpha value is -1.77. The normalized spacial score (nSPS) is 21.4. The second-order valence-corrected chi connectivity index (χ2v) is 7.97. The molecule has 0 aromatic heterocycles. The van der Waals surface area contributed by atoms with Crippen LogP contribution in [0.15, 0.2) is 46.5 Å². The predicted molar refractivity (Wildman–Crippen MR) is 113 cm³/mol. The van der Waals surface area contributed by atoms with Crippen LogP contribution in [0.2, 0.25) is 0 Å². The number of methoxy groups -OCH3 is 2. The summed E-state index contributed by atoms with van der Waals surface area (Å²) >= 11 is 0. The van der Waals surface area contributed by atoms with Crippen molar-refractivity contribution in [2.24, 2.45) is 11.8 Å². The first kappa shape index (κ1) is 23.3. The molecule has 0 heterocycles. The lowest BCUT2D eigenvalue weighted by Crippen LogP contribution is -2.30. The van der Waals surface area contributed by atoms with E-state index >= 15 is 0 Å². The lowest BCUT2D eigenvalue weighted by Gasteiger charge is -2.29. The Bertz CT molecular complexity index is 616. The summed E-state index contributed by atoms with van der Waals surface area (Å²) in [6.07, 6.45) is 13.1. The molecule has 0 amide bonds. The molecule has 0 saturated heterocycles. The minimum Gasteiger partial charge on any atom is -0.497 e. The molecule has 1 aliphatic rings. The van der Waals surface area contributed by atoms with Gasteiger partial charge in [-0.3, -0.25) is 4.79 Å². The van der Waals surface area contributed by atoms with Gasteiger partial charge in [-0.15, -0.1) is 0 Å². The van der Waals surface area contributed by atoms with Gasteiger partial charge in [-0.2, -0.15) is 0 Å². The Morgan fingerprint density at radius 3 is 2.11 bits per heavy atom. The van der Waals surface area contributed by atoms with Gasteiger partial charge >= 0.3 is 0 Å². The zero-order valence-electron chi connectivity index (χ0n) is 18.4. The summed E-state index contributed by atoms with van der Waals surface area (Å²) in [4.78, 5) is 12.5. The summed E-state index contributed by atoms with van der Waals surface area (Å²) in [6.45, 7) is 10.7. The maximum atomic E-state index is 12.5. The van der Waals surface area contributed by atoms with Gasteiger partial charge in [0.2, 0.25) is 5.78 Å². The molecule has 0 saturated carbocycles. The number of Topliss-reactive ketones (excluding diaryl/α,β-unsaturated/α-hetero) is 1. The van der Waals surface area contributed by atoms with Crippen molar-refractivity contribution < 1.29 is 14.3 Å². The number of ketones is 1. The molecule has 1 rings (SSSR count). The monoisotopic (exact) mass is 374 g/mol. The first-order valence-electron chi connectivity index (χ1n) is 10.1. The van der Waals surface area contributed by atoms with Crippen molar-refractivity contribution in [1.82, 2.24) is 0 Å². The molecule has 1 aliphatic carbocycles. The van der Waals surface area contributed by atoms with Crippen LogP contribution in [0.4, 0.5) is 0 Å². The zero-order chi connectivity index (χ0) is 20.4. The van der Waals surface area contributed by atoms with Crippen LogP contribution in [-0.4, -0.2) is 20.0 Å². The molecule has 3 heteroatoms. The first-order valence-corrected chi connectivity index (χ1v) is 10.1. The minimum atomic E-state index is -0.0277. The highest BCUT2D eigenvalue weighted by molar-refractivity contribution is 5.96. The van der Waals surface area contributed by atoms with Gasteiger partial charge in [0.15, 0.2) is 5.76 Å². The van der Waals surface area contributed by atoms with Gasteiger partial charge in [0, 0.05) is 12.3 Å². The van der Waals surface area contributed by atoms with Crippen molar-refractivity contribution in [2.75, 3.05) is 14.2 Å². The van der Waals surface area contributed by atoms with E-state index in [4.69, 9.17) is 9.47 Å². The van der Waals surface area contributed by atoms with Gasteiger partial charge < -0.3 is 9.47 Å². The average Bonchev–Trinajstić information content (AvgIpc) is 2.62. The van der Waals surface area contributed by atoms with Crippen LogP contribution < -0.4 is 0 Å². The Labute approximate surface area is 166 Å². The molecule has 27 heavy (non-hydrogen) atoms. The summed E-state index contributed by atoms with van der Waals surface area (Å²) in [7, 11) is 3.15. The largest absolute Gasteiger partial charge is 0.497 e. The van der Waals surface area contributed by atoms with Gasteiger partial charge in [-0.1, -0.05) is 41.9 Å². The fraction of sp³-hybridized carbons (Fsp3) is 0.625. The molecule has 2 unspecified atom stereocenters. The molecule has 0 spiro atoms. The zero-order valence-corrected chi connectivity index (χ0v) is 18.4. The van der Waals surface area contributed by atoms with E-state index in [2.05, 4.69) is 45.9 Å². The average molecular weight is 375 g/mol. The van der Waals surface area contributed by atoms with E-state index in [1.54, 1.807) is 14.2 Å². The molecule has 0 radical (unpaired) electrons. The number of rotatable bonds is 10. The lowest BCUT2D eigenvalue weighted by atomic mass is 9.79. The summed E-state index contributed by atoms with van der Waals surface area (Å²) in [5.41, 5.74) is 4.25. The van der Waals surface area contributed by atoms with Crippen LogP contribution in [0.1, 0.15) is 73.1 Å². The third-order valence-corrected chi connectivity index (χ3v) is 5.39. The van der Waals surface area contributed by atoms with E-state index < -0.39 is 0 Å². The van der Waals surface area contributed by atoms with E-state index in [-0.39, 0.29) is 17.6 Å². The van der Waals surface area contributed by atoms with Crippen LogP contribution in [0, 0.1) is 11.8 Å². The standard InChI is InChI=1S/C24H38O3/c1-17(2)10-8-11-18(3)12-9-13-19(4)14-15-21-16-22(26-6)24(27-7)23(25)20(21)5/h10,12,14,20-21H,8-9,11,13,15-16H2,1-7H3/b18-12+,19-14+. The van der Waals surface area contributed by atoms with Crippen LogP contribution in [0.25, 0.3) is 0 Å². The molecular formula is C24H38O3. The SMILES string of the molecule is COC1=C(OC)C(=O)C(C)C(C/C=C(\C)CC/C=C(\C)CCC=C(C)C)C1. The van der Waals surface area contributed by atoms with E-state index in [0.29, 0.717) is 11.5 Å². The highest BCUT2D eigenvalue weighted by Crippen LogP contribution is 2.34. The lowest BCUT2D eigenvalue weighted by molar-refractivity contribution is -0.125. The van der Waals surface area contributed by atoms with Crippen LogP contribution >= 0.6 is 0 Å². The van der Waals surface area contributed by atoms with E-state index in [1.165, 1.54) is 16.7 Å². The van der Waals surface area contributed by atoms with Gasteiger partial charge in [0.05, 0.1) is 14.2 Å². The number of ether oxygens (including phenoxy) is 2. The molecule has 3 nitrogen and oxygen atoms in total. The molecule has 0 aromatic carbocycles. The van der Waals surface area contributed by atoms with Crippen LogP contribution in [0.5, 0.6) is 0 Å². The Kier molecular flexibility index (Phi) is 10.2. The fourth-order valence-electron chi connectivity index (χ4n) is 3.44. The van der Waals surface area contributed by atoms with Gasteiger partial charge in [0.25, 0.3) is 0 Å². The minimum absolute atomic E-state index is 0.0277. The second kappa shape index (κ2) is 11.8. The van der Waals surface area contributed by atoms with E-state index in [0.717, 1.165) is 38.5 Å². The quantitative estimate of drug-likeness (QED) is 0.408. The Morgan fingerprint density at radius 2 is 1.56 bits per heavy atom. The summed E-state index contributed by atoms with van der Waals surface area (Å²) in [6, 6.07) is 0. The topological polar surface area (TPSA) is 35.5 Å². The number of carbonyl (C=O) groups excluding carboxylic acids is 1. The summed E-state index contributed by atoms with van der Waals surface area (Å²) < 4.78 is 10.6. The predicted octanol–water partition coefficient (Wildman–Crippen LogP) is 6.53. The molecule has 0 aromatic rings. The third-order valence-electron chi connectivity index (χ3n) is 5.39. The second-order valence-electron chi connectivity index (χ2n) is 7.97. The number of hydrogen-bond acceptors (Lipinski definition) is 3. The maximum absolute atomic E-state index is 12.5. The first-order chi connectivity index (χ1) is 12.8. The third kappa shape index (κ3) is 7.78. The smallest absolute Gasteiger partial charge is 0.203 e. The van der Waals surface area contributed by atoms with Crippen molar-refractivity contribution in [2.45, 2.75) is 73.1 Å². The highest BCUT2D eigenvalue weighted by Gasteiger charge is 2.35. The summed E-state index contributed by atoms with van der Waals surface area (Å²) in [5, 5.41) is 0. The van der Waals surface area contributed by atoms with Crippen LogP contribution in [0.3, 0.4) is 0 Å². The number of hydrogen-bond donors (Lipinski definition) is 0. The summed E-state index contributed by atoms with van der Waals surface area (Å²) in [5.74, 6) is 1.40. The van der Waals surface area contributed by atoms with Crippen LogP contribution in [-0.2, 0) is 14.3 Å². The molecule has 2 atom stereocenters. The number of allylic oxidation sites excluding steroid dienone is 8. The maximum Gasteiger partial charge on any atom is 0.203 e.